The van der Waals surface area contributed by atoms with Gasteiger partial charge in [0.15, 0.2) is 0 Å². The smallest absolute Gasteiger partial charge is 0.221 e. The first kappa shape index (κ1) is 13.5. The third-order valence-electron chi connectivity index (χ3n) is 3.10. The SMILES string of the molecule is CC(CO)CCCNC(=O)CC1CCCN1. The lowest BCUT2D eigenvalue weighted by Crippen LogP contribution is -2.32. The van der Waals surface area contributed by atoms with Crippen LogP contribution in [0.1, 0.15) is 39.0 Å². The van der Waals surface area contributed by atoms with Crippen molar-refractivity contribution in [2.24, 2.45) is 5.92 Å². The minimum atomic E-state index is 0.149. The number of aliphatic hydroxyl groups is 1. The number of carbonyl (C=O) groups excluding carboxylic acids is 1. The summed E-state index contributed by atoms with van der Waals surface area (Å²) in [6.07, 6.45) is 4.83. The summed E-state index contributed by atoms with van der Waals surface area (Å²) in [5.41, 5.74) is 0. The van der Waals surface area contributed by atoms with Crippen molar-refractivity contribution in [1.82, 2.24) is 10.6 Å². The molecule has 0 bridgehead atoms. The van der Waals surface area contributed by atoms with Crippen LogP contribution >= 0.6 is 0 Å². The molecule has 0 saturated carbocycles. The first-order chi connectivity index (χ1) is 7.72. The summed E-state index contributed by atoms with van der Waals surface area (Å²) < 4.78 is 0. The molecule has 0 aromatic rings. The zero-order valence-corrected chi connectivity index (χ0v) is 10.2. The minimum absolute atomic E-state index is 0.149. The van der Waals surface area contributed by atoms with Gasteiger partial charge in [-0.25, -0.2) is 0 Å². The Morgan fingerprint density at radius 2 is 2.44 bits per heavy atom. The number of carbonyl (C=O) groups is 1. The van der Waals surface area contributed by atoms with Gasteiger partial charge in [-0.3, -0.25) is 4.79 Å². The molecule has 0 aliphatic carbocycles. The number of hydrogen-bond acceptors (Lipinski definition) is 3. The molecule has 2 atom stereocenters. The Labute approximate surface area is 97.8 Å². The molecule has 1 aliphatic heterocycles. The molecule has 0 aromatic carbocycles. The lowest BCUT2D eigenvalue weighted by atomic mass is 10.1. The van der Waals surface area contributed by atoms with E-state index in [0.717, 1.165) is 32.4 Å². The van der Waals surface area contributed by atoms with Crippen LogP contribution in [0.2, 0.25) is 0 Å². The van der Waals surface area contributed by atoms with E-state index in [4.69, 9.17) is 5.11 Å². The van der Waals surface area contributed by atoms with Crippen molar-refractivity contribution < 1.29 is 9.90 Å². The second-order valence-corrected chi connectivity index (χ2v) is 4.78. The summed E-state index contributed by atoms with van der Waals surface area (Å²) in [5, 5.41) is 15.1. The molecule has 3 N–H and O–H groups in total. The summed E-state index contributed by atoms with van der Waals surface area (Å²) in [6.45, 7) is 4.03. The van der Waals surface area contributed by atoms with Gasteiger partial charge in [0.1, 0.15) is 0 Å². The molecule has 1 heterocycles. The molecule has 16 heavy (non-hydrogen) atoms. The molecule has 4 nitrogen and oxygen atoms in total. The number of amides is 1. The molecule has 0 aromatic heterocycles. The van der Waals surface area contributed by atoms with Crippen molar-refractivity contribution in [1.29, 1.82) is 0 Å². The van der Waals surface area contributed by atoms with E-state index in [1.54, 1.807) is 0 Å². The van der Waals surface area contributed by atoms with E-state index in [9.17, 15) is 4.79 Å². The van der Waals surface area contributed by atoms with Crippen LogP contribution < -0.4 is 10.6 Å². The van der Waals surface area contributed by atoms with Crippen LogP contribution in [0.25, 0.3) is 0 Å². The van der Waals surface area contributed by atoms with E-state index in [1.807, 2.05) is 6.92 Å². The predicted molar refractivity (Wildman–Crippen MR) is 64.1 cm³/mol. The van der Waals surface area contributed by atoms with Gasteiger partial charge in [0.05, 0.1) is 0 Å². The van der Waals surface area contributed by atoms with E-state index in [-0.39, 0.29) is 12.5 Å². The zero-order valence-electron chi connectivity index (χ0n) is 10.2. The van der Waals surface area contributed by atoms with Crippen LogP contribution in [0, 0.1) is 5.92 Å². The Hall–Kier alpha value is -0.610. The van der Waals surface area contributed by atoms with Gasteiger partial charge in [0.25, 0.3) is 0 Å². The summed E-state index contributed by atoms with van der Waals surface area (Å²) in [4.78, 5) is 11.5. The van der Waals surface area contributed by atoms with E-state index < -0.39 is 0 Å². The number of rotatable bonds is 7. The Kier molecular flexibility index (Phi) is 6.42. The van der Waals surface area contributed by atoms with Crippen LogP contribution in [-0.4, -0.2) is 36.8 Å². The van der Waals surface area contributed by atoms with Crippen LogP contribution in [-0.2, 0) is 4.79 Å². The molecule has 1 amide bonds. The lowest BCUT2D eigenvalue weighted by Gasteiger charge is -2.11. The molecule has 1 fully saturated rings. The number of nitrogens with one attached hydrogen (secondary N) is 2. The van der Waals surface area contributed by atoms with E-state index >= 15 is 0 Å². The highest BCUT2D eigenvalue weighted by Gasteiger charge is 2.16. The number of aliphatic hydroxyl groups excluding tert-OH is 1. The molecule has 1 saturated heterocycles. The molecular weight excluding hydrogens is 204 g/mol. The molecule has 4 heteroatoms. The van der Waals surface area contributed by atoms with Crippen LogP contribution in [0.5, 0.6) is 0 Å². The Bertz CT molecular complexity index is 203. The molecule has 1 aliphatic rings. The van der Waals surface area contributed by atoms with Crippen molar-refractivity contribution in [2.75, 3.05) is 19.7 Å². The van der Waals surface area contributed by atoms with E-state index in [1.165, 1.54) is 6.42 Å². The highest BCUT2D eigenvalue weighted by atomic mass is 16.3. The second-order valence-electron chi connectivity index (χ2n) is 4.78. The highest BCUT2D eigenvalue weighted by molar-refractivity contribution is 5.76. The first-order valence-electron chi connectivity index (χ1n) is 6.33. The van der Waals surface area contributed by atoms with Gasteiger partial charge in [-0.2, -0.15) is 0 Å². The molecule has 1 rings (SSSR count). The monoisotopic (exact) mass is 228 g/mol. The van der Waals surface area contributed by atoms with Crippen molar-refractivity contribution in [3.63, 3.8) is 0 Å². The van der Waals surface area contributed by atoms with Gasteiger partial charge in [-0.05, 0) is 38.1 Å². The second kappa shape index (κ2) is 7.63. The van der Waals surface area contributed by atoms with Crippen LogP contribution in [0.4, 0.5) is 0 Å². The third kappa shape index (κ3) is 5.47. The fourth-order valence-electron chi connectivity index (χ4n) is 2.00. The molecule has 94 valence electrons. The predicted octanol–water partition coefficient (Wildman–Crippen LogP) is 0.653. The fraction of sp³-hybridized carbons (Fsp3) is 0.917. The Morgan fingerprint density at radius 1 is 1.62 bits per heavy atom. The van der Waals surface area contributed by atoms with Gasteiger partial charge >= 0.3 is 0 Å². The maximum absolute atomic E-state index is 11.5. The van der Waals surface area contributed by atoms with E-state index in [2.05, 4.69) is 10.6 Å². The van der Waals surface area contributed by atoms with Gasteiger partial charge < -0.3 is 15.7 Å². The van der Waals surface area contributed by atoms with E-state index in [0.29, 0.717) is 18.4 Å². The van der Waals surface area contributed by atoms with Crippen molar-refractivity contribution in [3.05, 3.63) is 0 Å². The lowest BCUT2D eigenvalue weighted by molar-refractivity contribution is -0.121. The van der Waals surface area contributed by atoms with Gasteiger partial charge in [-0.15, -0.1) is 0 Å². The standard InChI is InChI=1S/C12H24N2O2/c1-10(9-15)4-2-7-14-12(16)8-11-5-3-6-13-11/h10-11,13,15H,2-9H2,1H3,(H,14,16). The maximum atomic E-state index is 11.5. The molecule has 0 radical (unpaired) electrons. The largest absolute Gasteiger partial charge is 0.396 e. The average Bonchev–Trinajstić information content (AvgIpc) is 2.76. The maximum Gasteiger partial charge on any atom is 0.221 e. The summed E-state index contributed by atoms with van der Waals surface area (Å²) in [6, 6.07) is 0.386. The molecular formula is C12H24N2O2. The molecule has 2 unspecified atom stereocenters. The summed E-state index contributed by atoms with van der Waals surface area (Å²) in [7, 11) is 0. The molecule has 0 spiro atoms. The third-order valence-corrected chi connectivity index (χ3v) is 3.10. The average molecular weight is 228 g/mol. The van der Waals surface area contributed by atoms with Crippen LogP contribution in [0.15, 0.2) is 0 Å². The highest BCUT2D eigenvalue weighted by Crippen LogP contribution is 2.08. The first-order valence-corrected chi connectivity index (χ1v) is 6.33. The topological polar surface area (TPSA) is 61.4 Å². The van der Waals surface area contributed by atoms with Gasteiger partial charge in [-0.1, -0.05) is 6.92 Å². The Morgan fingerprint density at radius 3 is 3.06 bits per heavy atom. The normalized spacial score (nSPS) is 22.0. The zero-order chi connectivity index (χ0) is 11.8. The van der Waals surface area contributed by atoms with Gasteiger partial charge in [0, 0.05) is 25.6 Å². The van der Waals surface area contributed by atoms with Gasteiger partial charge in [0.2, 0.25) is 5.91 Å². The Balaban J connectivity index is 1.97. The summed E-state index contributed by atoms with van der Waals surface area (Å²) >= 11 is 0. The van der Waals surface area contributed by atoms with Crippen molar-refractivity contribution >= 4 is 5.91 Å². The summed E-state index contributed by atoms with van der Waals surface area (Å²) in [5.74, 6) is 0.490. The minimum Gasteiger partial charge on any atom is -0.396 e. The quantitative estimate of drug-likeness (QED) is 0.561. The number of hydrogen-bond donors (Lipinski definition) is 3. The van der Waals surface area contributed by atoms with Crippen LogP contribution in [0.3, 0.4) is 0 Å². The fourth-order valence-corrected chi connectivity index (χ4v) is 2.00. The van der Waals surface area contributed by atoms with Crippen molar-refractivity contribution in [2.45, 2.75) is 45.1 Å². The van der Waals surface area contributed by atoms with Crippen molar-refractivity contribution in [3.8, 4) is 0 Å².